The zero-order valence-electron chi connectivity index (χ0n) is 10.1. The number of imide groups is 1. The van der Waals surface area contributed by atoms with E-state index < -0.39 is 11.1 Å². The molecule has 1 aromatic rings. The van der Waals surface area contributed by atoms with Gasteiger partial charge in [0.15, 0.2) is 0 Å². The lowest BCUT2D eigenvalue weighted by Gasteiger charge is -2.08. The maximum atomic E-state index is 12.0. The van der Waals surface area contributed by atoms with Crippen LogP contribution in [0.15, 0.2) is 29.2 Å². The van der Waals surface area contributed by atoms with E-state index in [9.17, 15) is 14.4 Å². The molecule has 19 heavy (non-hydrogen) atoms. The molecular weight excluding hydrogens is 286 g/mol. The van der Waals surface area contributed by atoms with Crippen molar-refractivity contribution in [1.82, 2.24) is 4.90 Å². The monoisotopic (exact) mass is 295 g/mol. The predicted octanol–water partition coefficient (Wildman–Crippen LogP) is 2.97. The van der Waals surface area contributed by atoms with Crippen molar-refractivity contribution >= 4 is 46.4 Å². The number of halogens is 1. The quantitative estimate of drug-likeness (QED) is 0.805. The summed E-state index contributed by atoms with van der Waals surface area (Å²) in [5.74, 6) is -0.689. The minimum atomic E-state index is -0.454. The summed E-state index contributed by atoms with van der Waals surface area (Å²) in [4.78, 5) is 35.9. The molecule has 0 atom stereocenters. The smallest absolute Gasteiger partial charge is 0.293 e. The van der Waals surface area contributed by atoms with E-state index in [2.05, 4.69) is 0 Å². The Morgan fingerprint density at radius 2 is 2.05 bits per heavy atom. The van der Waals surface area contributed by atoms with Gasteiger partial charge in [-0.2, -0.15) is 0 Å². The van der Waals surface area contributed by atoms with Gasteiger partial charge in [-0.25, -0.2) is 0 Å². The topological polar surface area (TPSA) is 54.5 Å². The molecule has 0 unspecified atom stereocenters. The van der Waals surface area contributed by atoms with Crippen LogP contribution >= 0.6 is 23.4 Å². The molecule has 4 nitrogen and oxygen atoms in total. The molecule has 0 N–H and O–H groups in total. The molecule has 98 valence electrons. The lowest BCUT2D eigenvalue weighted by Crippen LogP contribution is -2.32. The van der Waals surface area contributed by atoms with Crippen LogP contribution in [0.4, 0.5) is 4.79 Å². The first kappa shape index (κ1) is 13.8. The van der Waals surface area contributed by atoms with Crippen LogP contribution in [0, 0.1) is 0 Å². The van der Waals surface area contributed by atoms with Crippen LogP contribution < -0.4 is 0 Å². The molecule has 1 saturated heterocycles. The van der Waals surface area contributed by atoms with E-state index in [4.69, 9.17) is 11.6 Å². The first-order valence-electron chi connectivity index (χ1n) is 5.48. The fraction of sp³-hybridized carbons (Fsp3) is 0.154. The normalized spacial score (nSPS) is 17.4. The molecule has 6 heteroatoms. The molecule has 1 fully saturated rings. The maximum Gasteiger partial charge on any atom is 0.293 e. The highest BCUT2D eigenvalue weighted by Gasteiger charge is 2.35. The fourth-order valence-corrected chi connectivity index (χ4v) is 2.61. The third-order valence-electron chi connectivity index (χ3n) is 2.45. The van der Waals surface area contributed by atoms with Crippen molar-refractivity contribution in [3.05, 3.63) is 39.8 Å². The van der Waals surface area contributed by atoms with Gasteiger partial charge in [0, 0.05) is 5.02 Å². The van der Waals surface area contributed by atoms with Crippen molar-refractivity contribution in [2.45, 2.75) is 6.92 Å². The largest absolute Gasteiger partial charge is 0.298 e. The number of hydrogen-bond donors (Lipinski definition) is 0. The Morgan fingerprint density at radius 3 is 2.68 bits per heavy atom. The molecule has 0 bridgehead atoms. The maximum absolute atomic E-state index is 12.0. The minimum absolute atomic E-state index is 0.190. The Labute approximate surface area is 119 Å². The van der Waals surface area contributed by atoms with Crippen LogP contribution in [-0.2, 0) is 9.59 Å². The predicted molar refractivity (Wildman–Crippen MR) is 74.8 cm³/mol. The molecule has 0 aliphatic carbocycles. The van der Waals surface area contributed by atoms with E-state index in [1.54, 1.807) is 30.3 Å². The van der Waals surface area contributed by atoms with E-state index in [1.165, 1.54) is 6.92 Å². The van der Waals surface area contributed by atoms with Crippen molar-refractivity contribution in [2.24, 2.45) is 0 Å². The molecule has 1 aromatic carbocycles. The summed E-state index contributed by atoms with van der Waals surface area (Å²) in [6.07, 6.45) is 1.56. The second-order valence-electron chi connectivity index (χ2n) is 3.99. The van der Waals surface area contributed by atoms with Crippen molar-refractivity contribution in [2.75, 3.05) is 6.54 Å². The molecule has 1 aliphatic rings. The van der Waals surface area contributed by atoms with E-state index in [0.29, 0.717) is 10.6 Å². The van der Waals surface area contributed by atoms with Crippen molar-refractivity contribution in [1.29, 1.82) is 0 Å². The number of hydrogen-bond acceptors (Lipinski definition) is 4. The summed E-state index contributed by atoms with van der Waals surface area (Å²) in [5.41, 5.74) is 0.664. The molecule has 1 aliphatic heterocycles. The fourth-order valence-electron chi connectivity index (χ4n) is 1.59. The van der Waals surface area contributed by atoms with E-state index in [1.807, 2.05) is 0 Å². The molecule has 0 radical (unpaired) electrons. The van der Waals surface area contributed by atoms with Crippen LogP contribution in [0.5, 0.6) is 0 Å². The van der Waals surface area contributed by atoms with E-state index in [0.717, 1.165) is 16.7 Å². The highest BCUT2D eigenvalue weighted by atomic mass is 35.5. The lowest BCUT2D eigenvalue weighted by molar-refractivity contribution is -0.127. The summed E-state index contributed by atoms with van der Waals surface area (Å²) >= 11 is 6.80. The Hall–Kier alpha value is -1.59. The van der Waals surface area contributed by atoms with Gasteiger partial charge in [0.2, 0.25) is 0 Å². The van der Waals surface area contributed by atoms with Gasteiger partial charge in [-0.3, -0.25) is 19.3 Å². The Balaban J connectivity index is 2.28. The number of benzene rings is 1. The Kier molecular flexibility index (Phi) is 4.07. The zero-order chi connectivity index (χ0) is 14.0. The highest BCUT2D eigenvalue weighted by molar-refractivity contribution is 8.18. The minimum Gasteiger partial charge on any atom is -0.298 e. The molecule has 1 heterocycles. The van der Waals surface area contributed by atoms with Gasteiger partial charge < -0.3 is 0 Å². The standard InChI is InChI=1S/C13H10ClNO3S/c1-8(16)7-15-12(17)11(19-13(15)18)6-9-4-2-3-5-10(9)14/h2-6H,7H2,1H3/b11-6-. The van der Waals surface area contributed by atoms with Gasteiger partial charge in [0.05, 0.1) is 11.4 Å². The van der Waals surface area contributed by atoms with E-state index in [-0.39, 0.29) is 17.2 Å². The summed E-state index contributed by atoms with van der Waals surface area (Å²) in [7, 11) is 0. The zero-order valence-corrected chi connectivity index (χ0v) is 11.6. The molecule has 0 saturated carbocycles. The van der Waals surface area contributed by atoms with Crippen LogP contribution in [0.25, 0.3) is 6.08 Å². The number of carbonyl (C=O) groups is 3. The molecule has 0 spiro atoms. The van der Waals surface area contributed by atoms with Crippen LogP contribution in [0.2, 0.25) is 5.02 Å². The van der Waals surface area contributed by atoms with Gasteiger partial charge in [-0.15, -0.1) is 0 Å². The van der Waals surface area contributed by atoms with Gasteiger partial charge >= 0.3 is 0 Å². The number of nitrogens with zero attached hydrogens (tertiary/aromatic N) is 1. The molecule has 2 rings (SSSR count). The second kappa shape index (κ2) is 5.59. The average Bonchev–Trinajstić information content (AvgIpc) is 2.60. The Morgan fingerprint density at radius 1 is 1.37 bits per heavy atom. The summed E-state index contributed by atoms with van der Waals surface area (Å²) in [5, 5.41) is 0.0689. The second-order valence-corrected chi connectivity index (χ2v) is 5.39. The number of carbonyl (C=O) groups excluding carboxylic acids is 3. The summed E-state index contributed by atoms with van der Waals surface area (Å²) in [6, 6.07) is 7.02. The lowest BCUT2D eigenvalue weighted by atomic mass is 10.2. The Bertz CT molecular complexity index is 597. The summed E-state index contributed by atoms with van der Waals surface area (Å²) in [6.45, 7) is 1.14. The van der Waals surface area contributed by atoms with Crippen LogP contribution in [0.3, 0.4) is 0 Å². The van der Waals surface area contributed by atoms with Gasteiger partial charge in [0.25, 0.3) is 11.1 Å². The number of ketones is 1. The van der Waals surface area contributed by atoms with Crippen molar-refractivity contribution < 1.29 is 14.4 Å². The third-order valence-corrected chi connectivity index (χ3v) is 3.70. The van der Waals surface area contributed by atoms with Crippen molar-refractivity contribution in [3.63, 3.8) is 0 Å². The number of Topliss-reactive ketones (excluding diaryl/α,β-unsaturated/α-hetero) is 1. The third kappa shape index (κ3) is 3.05. The molecular formula is C13H10ClNO3S. The first-order valence-corrected chi connectivity index (χ1v) is 6.68. The SMILES string of the molecule is CC(=O)CN1C(=O)S/C(=C\c2ccccc2Cl)C1=O. The molecule has 0 aromatic heterocycles. The van der Waals surface area contributed by atoms with Crippen LogP contribution in [0.1, 0.15) is 12.5 Å². The number of rotatable bonds is 3. The van der Waals surface area contributed by atoms with Crippen LogP contribution in [-0.4, -0.2) is 28.4 Å². The van der Waals surface area contributed by atoms with Crippen molar-refractivity contribution in [3.8, 4) is 0 Å². The number of thioether (sulfide) groups is 1. The van der Waals surface area contributed by atoms with Gasteiger partial charge in [0.1, 0.15) is 5.78 Å². The van der Waals surface area contributed by atoms with E-state index >= 15 is 0 Å². The average molecular weight is 296 g/mol. The van der Waals surface area contributed by atoms with Gasteiger partial charge in [-0.05, 0) is 36.4 Å². The first-order chi connectivity index (χ1) is 8.99. The highest BCUT2D eigenvalue weighted by Crippen LogP contribution is 2.33. The van der Waals surface area contributed by atoms with Gasteiger partial charge in [-0.1, -0.05) is 29.8 Å². The number of amides is 2. The summed E-state index contributed by atoms with van der Waals surface area (Å²) < 4.78 is 0. The molecule has 2 amide bonds.